The molecule has 11 heteroatoms. The number of nitrogens with one attached hydrogen (secondary N) is 1. The summed E-state index contributed by atoms with van der Waals surface area (Å²) in [4.78, 5) is 44.0. The second-order valence-corrected chi connectivity index (χ2v) is 8.78. The van der Waals surface area contributed by atoms with E-state index >= 15 is 0 Å². The molecule has 2 aliphatic heterocycles. The van der Waals surface area contributed by atoms with Crippen LogP contribution in [0.1, 0.15) is 30.4 Å². The molecule has 11 nitrogen and oxygen atoms in total. The maximum atomic E-state index is 12.7. The van der Waals surface area contributed by atoms with Crippen molar-refractivity contribution in [2.24, 2.45) is 11.5 Å². The summed E-state index contributed by atoms with van der Waals surface area (Å²) in [5.41, 5.74) is 14.7. The van der Waals surface area contributed by atoms with Crippen LogP contribution in [0.3, 0.4) is 0 Å². The zero-order valence-corrected chi connectivity index (χ0v) is 18.8. The van der Waals surface area contributed by atoms with Crippen molar-refractivity contribution >= 4 is 28.8 Å². The predicted molar refractivity (Wildman–Crippen MR) is 125 cm³/mol. The number of amides is 2. The molecule has 34 heavy (non-hydrogen) atoms. The Morgan fingerprint density at radius 1 is 1.24 bits per heavy atom. The van der Waals surface area contributed by atoms with E-state index in [1.807, 2.05) is 12.1 Å². The molecule has 3 aromatic rings. The summed E-state index contributed by atoms with van der Waals surface area (Å²) < 4.78 is 6.33. The quantitative estimate of drug-likeness (QED) is 0.456. The molecule has 2 aliphatic rings. The number of ether oxygens (including phenoxy) is 1. The van der Waals surface area contributed by atoms with Crippen molar-refractivity contribution in [1.29, 1.82) is 0 Å². The third kappa shape index (κ3) is 4.26. The number of H-pyrrole nitrogens is 1. The number of aromatic amines is 1. The zero-order valence-electron chi connectivity index (χ0n) is 18.8. The molecule has 0 radical (unpaired) electrons. The first-order valence-electron chi connectivity index (χ1n) is 11.5. The zero-order chi connectivity index (χ0) is 23.7. The van der Waals surface area contributed by atoms with Gasteiger partial charge in [0, 0.05) is 25.2 Å². The molecule has 0 spiro atoms. The Labute approximate surface area is 196 Å². The minimum absolute atomic E-state index is 0.149. The summed E-state index contributed by atoms with van der Waals surface area (Å²) in [6.45, 7) is 2.30. The van der Waals surface area contributed by atoms with Gasteiger partial charge in [-0.05, 0) is 30.9 Å². The van der Waals surface area contributed by atoms with E-state index in [1.54, 1.807) is 17.6 Å². The van der Waals surface area contributed by atoms with Gasteiger partial charge in [-0.3, -0.25) is 9.59 Å². The summed E-state index contributed by atoms with van der Waals surface area (Å²) in [5, 5.41) is 0. The van der Waals surface area contributed by atoms with Crippen LogP contribution < -0.4 is 21.1 Å². The second-order valence-electron chi connectivity index (χ2n) is 8.78. The monoisotopic (exact) mass is 464 g/mol. The fourth-order valence-electron chi connectivity index (χ4n) is 4.85. The van der Waals surface area contributed by atoms with Crippen molar-refractivity contribution in [3.63, 3.8) is 0 Å². The molecule has 5 rings (SSSR count). The number of carbonyl (C=O) groups is 2. The summed E-state index contributed by atoms with van der Waals surface area (Å²) >= 11 is 0. The van der Waals surface area contributed by atoms with Crippen molar-refractivity contribution in [1.82, 2.24) is 24.8 Å². The molecule has 178 valence electrons. The molecule has 1 saturated heterocycles. The van der Waals surface area contributed by atoms with Crippen LogP contribution >= 0.6 is 0 Å². The van der Waals surface area contributed by atoms with E-state index < -0.39 is 11.9 Å². The van der Waals surface area contributed by atoms with Crippen LogP contribution in [0, 0.1) is 0 Å². The van der Waals surface area contributed by atoms with Gasteiger partial charge in [-0.25, -0.2) is 15.0 Å². The number of hydrogen-bond acceptors (Lipinski definition) is 8. The standard InChI is InChI=1S/C23H28N8O3/c24-17(9-19(25)32)23(33)30-8-6-14-3-1-5-18(16(14)10-30)34-11-15-4-2-7-31(15)22-20-21(27-12-26-20)28-13-29-22/h1,3,5,12-13,15,17H,2,4,6-11,24H2,(H2,25,32)(H,26,27,28,29)/t15?,17-/m0/s1. The molecule has 0 aliphatic carbocycles. The normalized spacial score (nSPS) is 18.7. The number of rotatable bonds is 7. The number of aromatic nitrogens is 4. The highest BCUT2D eigenvalue weighted by atomic mass is 16.5. The van der Waals surface area contributed by atoms with E-state index in [9.17, 15) is 9.59 Å². The van der Waals surface area contributed by atoms with Gasteiger partial charge in [-0.1, -0.05) is 12.1 Å². The van der Waals surface area contributed by atoms with E-state index in [-0.39, 0.29) is 18.4 Å². The maximum Gasteiger partial charge on any atom is 0.240 e. The average molecular weight is 465 g/mol. The Kier molecular flexibility index (Phi) is 6.01. The topological polar surface area (TPSA) is 156 Å². The van der Waals surface area contributed by atoms with Gasteiger partial charge >= 0.3 is 0 Å². The van der Waals surface area contributed by atoms with Crippen LogP contribution in [0.25, 0.3) is 11.2 Å². The minimum atomic E-state index is -0.925. The first kappa shape index (κ1) is 22.1. The molecule has 1 aromatic carbocycles. The van der Waals surface area contributed by atoms with E-state index in [0.29, 0.717) is 31.8 Å². The van der Waals surface area contributed by atoms with Gasteiger partial charge in [0.1, 0.15) is 24.2 Å². The number of primary amides is 1. The number of nitrogens with zero attached hydrogens (tertiary/aromatic N) is 5. The van der Waals surface area contributed by atoms with Gasteiger partial charge in [0.05, 0.1) is 24.8 Å². The van der Waals surface area contributed by atoms with Crippen molar-refractivity contribution in [3.05, 3.63) is 42.0 Å². The number of nitrogens with two attached hydrogens (primary N) is 2. The lowest BCUT2D eigenvalue weighted by atomic mass is 9.98. The number of benzene rings is 1. The van der Waals surface area contributed by atoms with E-state index in [0.717, 1.165) is 47.6 Å². The molecule has 2 atom stereocenters. The van der Waals surface area contributed by atoms with Crippen molar-refractivity contribution < 1.29 is 14.3 Å². The Bertz CT molecular complexity index is 1210. The number of fused-ring (bicyclic) bond motifs is 2. The van der Waals surface area contributed by atoms with Crippen molar-refractivity contribution in [3.8, 4) is 5.75 Å². The van der Waals surface area contributed by atoms with Gasteiger partial charge in [-0.15, -0.1) is 0 Å². The van der Waals surface area contributed by atoms with Crippen LogP contribution in [-0.4, -0.2) is 68.4 Å². The summed E-state index contributed by atoms with van der Waals surface area (Å²) in [5.74, 6) is 0.720. The lowest BCUT2D eigenvalue weighted by Gasteiger charge is -2.32. The molecule has 0 saturated carbocycles. The lowest BCUT2D eigenvalue weighted by Crippen LogP contribution is -2.47. The second kappa shape index (κ2) is 9.26. The molecule has 2 aromatic heterocycles. The third-order valence-electron chi connectivity index (χ3n) is 6.56. The van der Waals surface area contributed by atoms with Crippen LogP contribution in [0.5, 0.6) is 5.75 Å². The summed E-state index contributed by atoms with van der Waals surface area (Å²) in [6.07, 6.45) is 5.74. The fourth-order valence-corrected chi connectivity index (χ4v) is 4.85. The van der Waals surface area contributed by atoms with Crippen LogP contribution in [-0.2, 0) is 22.6 Å². The number of anilines is 1. The van der Waals surface area contributed by atoms with Crippen molar-refractivity contribution in [2.75, 3.05) is 24.6 Å². The fraction of sp³-hybridized carbons (Fsp3) is 0.435. The molecule has 1 fully saturated rings. The van der Waals surface area contributed by atoms with Gasteiger partial charge in [-0.2, -0.15) is 0 Å². The summed E-state index contributed by atoms with van der Waals surface area (Å²) in [7, 11) is 0. The average Bonchev–Trinajstić information content (AvgIpc) is 3.50. The Morgan fingerprint density at radius 2 is 2.12 bits per heavy atom. The Morgan fingerprint density at radius 3 is 2.97 bits per heavy atom. The maximum absolute atomic E-state index is 12.7. The van der Waals surface area contributed by atoms with E-state index in [2.05, 4.69) is 30.9 Å². The van der Waals surface area contributed by atoms with Gasteiger partial charge in [0.25, 0.3) is 0 Å². The highest BCUT2D eigenvalue weighted by molar-refractivity contribution is 5.87. The third-order valence-corrected chi connectivity index (χ3v) is 6.56. The molecule has 1 unspecified atom stereocenters. The molecule has 4 heterocycles. The van der Waals surface area contributed by atoms with Gasteiger partial charge in [0.15, 0.2) is 11.5 Å². The number of carbonyl (C=O) groups excluding carboxylic acids is 2. The molecule has 5 N–H and O–H groups in total. The highest BCUT2D eigenvalue weighted by Crippen LogP contribution is 2.31. The molecular weight excluding hydrogens is 436 g/mol. The Hall–Kier alpha value is -3.73. The summed E-state index contributed by atoms with van der Waals surface area (Å²) in [6, 6.07) is 5.20. The van der Waals surface area contributed by atoms with Crippen molar-refractivity contribution in [2.45, 2.75) is 44.3 Å². The Balaban J connectivity index is 1.30. The highest BCUT2D eigenvalue weighted by Gasteiger charge is 2.30. The first-order valence-corrected chi connectivity index (χ1v) is 11.5. The molecule has 0 bridgehead atoms. The van der Waals surface area contributed by atoms with E-state index in [1.165, 1.54) is 0 Å². The first-order chi connectivity index (χ1) is 16.5. The van der Waals surface area contributed by atoms with Crippen LogP contribution in [0.15, 0.2) is 30.9 Å². The molecule has 2 amide bonds. The smallest absolute Gasteiger partial charge is 0.240 e. The largest absolute Gasteiger partial charge is 0.491 e. The minimum Gasteiger partial charge on any atom is -0.491 e. The van der Waals surface area contributed by atoms with Crippen LogP contribution in [0.4, 0.5) is 5.82 Å². The van der Waals surface area contributed by atoms with Gasteiger partial charge in [0.2, 0.25) is 11.8 Å². The molecular formula is C23H28N8O3. The number of hydrogen-bond donors (Lipinski definition) is 3. The predicted octanol–water partition coefficient (Wildman–Crippen LogP) is 0.488. The van der Waals surface area contributed by atoms with E-state index in [4.69, 9.17) is 16.2 Å². The number of imidazole rings is 1. The van der Waals surface area contributed by atoms with Crippen LogP contribution in [0.2, 0.25) is 0 Å². The SMILES string of the molecule is NC(=O)C[C@H](N)C(=O)N1CCc2cccc(OCC3CCCN3c3ncnc4[nH]cnc34)c2C1. The lowest BCUT2D eigenvalue weighted by molar-refractivity contribution is -0.135. The van der Waals surface area contributed by atoms with Gasteiger partial charge < -0.3 is 31.0 Å².